The predicted molar refractivity (Wildman–Crippen MR) is 26.9 cm³/mol. The van der Waals surface area contributed by atoms with E-state index in [2.05, 4.69) is 9.97 Å². The molecule has 0 saturated heterocycles. The zero-order valence-electron chi connectivity index (χ0n) is 4.76. The van der Waals surface area contributed by atoms with E-state index in [9.17, 15) is 13.2 Å². The monoisotopic (exact) mass is 148 g/mol. The van der Waals surface area contributed by atoms with Crippen molar-refractivity contribution in [3.05, 3.63) is 24.0 Å². The molecule has 0 bridgehead atoms. The van der Waals surface area contributed by atoms with Crippen molar-refractivity contribution in [2.45, 2.75) is 6.43 Å². The number of hydrogen-bond donors (Lipinski definition) is 0. The second-order valence-electron chi connectivity index (χ2n) is 1.56. The molecule has 0 fully saturated rings. The molecule has 0 saturated carbocycles. The molecule has 0 spiro atoms. The average molecular weight is 148 g/mol. The maximum atomic E-state index is 12.0. The third-order valence-corrected chi connectivity index (χ3v) is 0.835. The molecule has 0 aliphatic carbocycles. The summed E-state index contributed by atoms with van der Waals surface area (Å²) in [5.74, 6) is -1.37. The van der Waals surface area contributed by atoms with E-state index in [0.717, 1.165) is 0 Å². The van der Waals surface area contributed by atoms with E-state index in [1.807, 2.05) is 0 Å². The highest BCUT2D eigenvalue weighted by molar-refractivity contribution is 4.91. The summed E-state index contributed by atoms with van der Waals surface area (Å²) in [4.78, 5) is 6.08. The largest absolute Gasteiger partial charge is 0.297 e. The molecule has 1 aromatic heterocycles. The molecule has 54 valence electrons. The van der Waals surface area contributed by atoms with Crippen LogP contribution in [0.1, 0.15) is 12.2 Å². The minimum absolute atomic E-state index is 0.651. The topological polar surface area (TPSA) is 25.8 Å². The summed E-state index contributed by atoms with van der Waals surface area (Å²) in [6, 6.07) is 0. The van der Waals surface area contributed by atoms with Crippen molar-refractivity contribution in [1.82, 2.24) is 9.97 Å². The number of rotatable bonds is 1. The molecule has 5 heteroatoms. The van der Waals surface area contributed by atoms with Crippen LogP contribution in [0.2, 0.25) is 0 Å². The van der Waals surface area contributed by atoms with Crippen LogP contribution in [0, 0.1) is 5.82 Å². The molecular weight excluding hydrogens is 145 g/mol. The van der Waals surface area contributed by atoms with E-state index in [4.69, 9.17) is 0 Å². The Bertz CT molecular complexity index is 209. The Labute approximate surface area is 54.7 Å². The first kappa shape index (κ1) is 6.98. The Morgan fingerprint density at radius 2 is 1.70 bits per heavy atom. The summed E-state index contributed by atoms with van der Waals surface area (Å²) in [5.41, 5.74) is 0. The highest BCUT2D eigenvalue weighted by Gasteiger charge is 2.08. The fourth-order valence-corrected chi connectivity index (χ4v) is 0.435. The van der Waals surface area contributed by atoms with Crippen molar-refractivity contribution in [2.24, 2.45) is 0 Å². The fraction of sp³-hybridized carbons (Fsp3) is 0.200. The second-order valence-corrected chi connectivity index (χ2v) is 1.56. The summed E-state index contributed by atoms with van der Waals surface area (Å²) >= 11 is 0. The maximum Gasteiger partial charge on any atom is 0.297 e. The minimum atomic E-state index is -2.74. The van der Waals surface area contributed by atoms with Gasteiger partial charge in [-0.05, 0) is 0 Å². The van der Waals surface area contributed by atoms with Gasteiger partial charge in [0.2, 0.25) is 0 Å². The number of nitrogens with zero attached hydrogens (tertiary/aromatic N) is 2. The normalized spacial score (nSPS) is 10.4. The van der Waals surface area contributed by atoms with Crippen molar-refractivity contribution in [1.29, 1.82) is 0 Å². The third-order valence-electron chi connectivity index (χ3n) is 0.835. The zero-order valence-corrected chi connectivity index (χ0v) is 4.76. The van der Waals surface area contributed by atoms with Gasteiger partial charge >= 0.3 is 0 Å². The Morgan fingerprint density at radius 1 is 1.20 bits per heavy atom. The molecule has 0 amide bonds. The lowest BCUT2D eigenvalue weighted by Crippen LogP contribution is -1.94. The quantitative estimate of drug-likeness (QED) is 0.603. The van der Waals surface area contributed by atoms with Crippen molar-refractivity contribution >= 4 is 0 Å². The number of halogens is 3. The zero-order chi connectivity index (χ0) is 7.56. The number of alkyl halides is 2. The van der Waals surface area contributed by atoms with Gasteiger partial charge in [-0.3, -0.25) is 0 Å². The lowest BCUT2D eigenvalue weighted by Gasteiger charge is -1.93. The van der Waals surface area contributed by atoms with E-state index >= 15 is 0 Å². The van der Waals surface area contributed by atoms with E-state index < -0.39 is 18.1 Å². The van der Waals surface area contributed by atoms with Crippen LogP contribution in [0.5, 0.6) is 0 Å². The van der Waals surface area contributed by atoms with Crippen LogP contribution < -0.4 is 0 Å². The van der Waals surface area contributed by atoms with Crippen molar-refractivity contribution in [2.75, 3.05) is 0 Å². The lowest BCUT2D eigenvalue weighted by molar-refractivity contribution is 0.140. The molecule has 0 aliphatic rings. The van der Waals surface area contributed by atoms with Crippen LogP contribution in [-0.4, -0.2) is 9.97 Å². The van der Waals surface area contributed by atoms with Crippen molar-refractivity contribution in [3.63, 3.8) is 0 Å². The van der Waals surface area contributed by atoms with Gasteiger partial charge in [0.1, 0.15) is 0 Å². The van der Waals surface area contributed by atoms with Gasteiger partial charge < -0.3 is 0 Å². The first-order valence-electron chi connectivity index (χ1n) is 2.46. The van der Waals surface area contributed by atoms with E-state index in [0.29, 0.717) is 12.4 Å². The van der Waals surface area contributed by atoms with Crippen LogP contribution in [0.3, 0.4) is 0 Å². The standard InChI is InChI=1S/C5H3F3N2/c6-3-1-9-5(4(7)8)10-2-3/h1-2,4H. The van der Waals surface area contributed by atoms with Crippen molar-refractivity contribution < 1.29 is 13.2 Å². The number of aromatic nitrogens is 2. The molecule has 1 heterocycles. The summed E-state index contributed by atoms with van der Waals surface area (Å²) < 4.78 is 35.3. The second kappa shape index (κ2) is 2.64. The maximum absolute atomic E-state index is 12.0. The summed E-state index contributed by atoms with van der Waals surface area (Å²) in [7, 11) is 0. The van der Waals surface area contributed by atoms with Crippen LogP contribution in [0.4, 0.5) is 13.2 Å². The number of hydrogen-bond acceptors (Lipinski definition) is 2. The summed E-state index contributed by atoms with van der Waals surface area (Å²) in [6.07, 6.45) is -1.33. The van der Waals surface area contributed by atoms with Crippen LogP contribution in [0.15, 0.2) is 12.4 Å². The molecule has 0 atom stereocenters. The van der Waals surface area contributed by atoms with E-state index in [-0.39, 0.29) is 0 Å². The lowest BCUT2D eigenvalue weighted by atomic mass is 10.5. The van der Waals surface area contributed by atoms with Gasteiger partial charge in [0.15, 0.2) is 11.6 Å². The molecular formula is C5H3F3N2. The molecule has 2 nitrogen and oxygen atoms in total. The van der Waals surface area contributed by atoms with Gasteiger partial charge in [0.25, 0.3) is 6.43 Å². The van der Waals surface area contributed by atoms with Crippen LogP contribution in [0.25, 0.3) is 0 Å². The summed E-state index contributed by atoms with van der Waals surface area (Å²) in [5, 5.41) is 0. The Kier molecular flexibility index (Phi) is 1.84. The predicted octanol–water partition coefficient (Wildman–Crippen LogP) is 1.55. The van der Waals surface area contributed by atoms with Gasteiger partial charge in [-0.25, -0.2) is 23.1 Å². The highest BCUT2D eigenvalue weighted by atomic mass is 19.3. The van der Waals surface area contributed by atoms with Crippen LogP contribution in [-0.2, 0) is 0 Å². The van der Waals surface area contributed by atoms with E-state index in [1.165, 1.54) is 0 Å². The van der Waals surface area contributed by atoms with Gasteiger partial charge in [-0.1, -0.05) is 0 Å². The smallest absolute Gasteiger partial charge is 0.233 e. The third kappa shape index (κ3) is 1.43. The van der Waals surface area contributed by atoms with Gasteiger partial charge in [-0.2, -0.15) is 0 Å². The highest BCUT2D eigenvalue weighted by Crippen LogP contribution is 2.11. The molecule has 1 rings (SSSR count). The average Bonchev–Trinajstić information content (AvgIpc) is 1.88. The molecule has 0 unspecified atom stereocenters. The minimum Gasteiger partial charge on any atom is -0.233 e. The van der Waals surface area contributed by atoms with Gasteiger partial charge in [0.05, 0.1) is 12.4 Å². The van der Waals surface area contributed by atoms with Crippen LogP contribution >= 0.6 is 0 Å². The molecule has 0 N–H and O–H groups in total. The molecule has 0 aliphatic heterocycles. The summed E-state index contributed by atoms with van der Waals surface area (Å²) in [6.45, 7) is 0. The first-order valence-corrected chi connectivity index (χ1v) is 2.46. The molecule has 10 heavy (non-hydrogen) atoms. The SMILES string of the molecule is Fc1cnc(C(F)F)nc1. The van der Waals surface area contributed by atoms with Gasteiger partial charge in [-0.15, -0.1) is 0 Å². The Balaban J connectivity index is 2.89. The molecule has 0 aromatic carbocycles. The molecule has 1 aromatic rings. The van der Waals surface area contributed by atoms with Crippen molar-refractivity contribution in [3.8, 4) is 0 Å². The van der Waals surface area contributed by atoms with E-state index in [1.54, 1.807) is 0 Å². The fourth-order valence-electron chi connectivity index (χ4n) is 0.435. The first-order chi connectivity index (χ1) is 4.70. The Morgan fingerprint density at radius 3 is 2.10 bits per heavy atom. The Hall–Kier alpha value is -1.13. The van der Waals surface area contributed by atoms with Gasteiger partial charge in [0, 0.05) is 0 Å². The molecule has 0 radical (unpaired) electrons.